The van der Waals surface area contributed by atoms with Crippen LogP contribution in [0.5, 0.6) is 0 Å². The Morgan fingerprint density at radius 1 is 1.04 bits per heavy atom. The number of pyridine rings is 2. The second-order valence-corrected chi connectivity index (χ2v) is 7.08. The minimum absolute atomic E-state index is 0.325. The monoisotopic (exact) mass is 391 g/mol. The van der Waals surface area contributed by atoms with E-state index in [1.807, 2.05) is 36.4 Å². The molecule has 0 unspecified atom stereocenters. The predicted octanol–water partition coefficient (Wildman–Crippen LogP) is 3.11. The van der Waals surface area contributed by atoms with Crippen LogP contribution in [0.3, 0.4) is 0 Å². The molecule has 3 N–H and O–H groups in total. The van der Waals surface area contributed by atoms with E-state index in [1.54, 1.807) is 29.9 Å². The van der Waals surface area contributed by atoms with Crippen molar-refractivity contribution in [1.29, 1.82) is 0 Å². The Morgan fingerprint density at radius 3 is 2.71 bits per heavy atom. The lowest BCUT2D eigenvalue weighted by Crippen LogP contribution is -2.25. The Kier molecular flexibility index (Phi) is 5.22. The average Bonchev–Trinajstić information content (AvgIpc) is 3.14. The molecule has 0 saturated carbocycles. The number of rotatable bonds is 6. The zero-order valence-corrected chi connectivity index (χ0v) is 15.6. The number of amides is 1. The number of carbonyl (C=O) groups excluding carboxylic acids is 1. The van der Waals surface area contributed by atoms with Gasteiger partial charge in [-0.25, -0.2) is 9.97 Å². The topological polar surface area (TPSA) is 100 Å². The lowest BCUT2D eigenvalue weighted by atomic mass is 10.1. The van der Waals surface area contributed by atoms with Crippen LogP contribution in [0.15, 0.2) is 61.1 Å². The molecule has 0 saturated heterocycles. The second-order valence-electron chi connectivity index (χ2n) is 6.05. The largest absolute Gasteiger partial charge is 0.387 e. The molecule has 0 aliphatic carbocycles. The van der Waals surface area contributed by atoms with Crippen molar-refractivity contribution in [3.8, 4) is 11.1 Å². The van der Waals surface area contributed by atoms with Gasteiger partial charge in [-0.2, -0.15) is 0 Å². The molecule has 3 heterocycles. The van der Waals surface area contributed by atoms with Gasteiger partial charge < -0.3 is 15.7 Å². The lowest BCUT2D eigenvalue weighted by Gasteiger charge is -2.06. The number of benzene rings is 1. The zero-order valence-electron chi connectivity index (χ0n) is 14.8. The van der Waals surface area contributed by atoms with Crippen LogP contribution in [0.4, 0.5) is 10.9 Å². The molecule has 1 aromatic carbocycles. The van der Waals surface area contributed by atoms with Crippen molar-refractivity contribution in [2.24, 2.45) is 0 Å². The van der Waals surface area contributed by atoms with Crippen LogP contribution in [0, 0.1) is 0 Å². The van der Waals surface area contributed by atoms with Crippen LogP contribution in [-0.4, -0.2) is 32.6 Å². The first-order valence-electron chi connectivity index (χ1n) is 8.62. The summed E-state index contributed by atoms with van der Waals surface area (Å²) >= 11 is 1.55. The van der Waals surface area contributed by atoms with Crippen LogP contribution >= 0.6 is 11.3 Å². The number of hydrogen-bond donors (Lipinski definition) is 3. The minimum atomic E-state index is -0.524. The fourth-order valence-electron chi connectivity index (χ4n) is 2.72. The first-order chi connectivity index (χ1) is 13.7. The lowest BCUT2D eigenvalue weighted by molar-refractivity contribution is -0.123. The van der Waals surface area contributed by atoms with Gasteiger partial charge in [0.1, 0.15) is 12.4 Å². The molecular weight excluding hydrogens is 374 g/mol. The number of thiazole rings is 1. The summed E-state index contributed by atoms with van der Waals surface area (Å²) in [6.07, 6.45) is 5.22. The van der Waals surface area contributed by atoms with Gasteiger partial charge in [0, 0.05) is 25.1 Å². The Morgan fingerprint density at radius 2 is 1.89 bits per heavy atom. The molecule has 0 aliphatic rings. The van der Waals surface area contributed by atoms with Gasteiger partial charge in [-0.1, -0.05) is 17.4 Å². The number of aliphatic hydroxyl groups is 1. The summed E-state index contributed by atoms with van der Waals surface area (Å²) in [4.78, 5) is 24.2. The fourth-order valence-corrected chi connectivity index (χ4v) is 3.63. The number of carbonyl (C=O) groups is 1. The van der Waals surface area contributed by atoms with E-state index in [-0.39, 0.29) is 0 Å². The Hall–Kier alpha value is -3.36. The van der Waals surface area contributed by atoms with E-state index >= 15 is 0 Å². The number of nitrogens with one attached hydrogen (secondary N) is 2. The first-order valence-corrected chi connectivity index (χ1v) is 9.43. The molecule has 0 aliphatic heterocycles. The highest BCUT2D eigenvalue weighted by Crippen LogP contribution is 2.31. The second kappa shape index (κ2) is 8.12. The maximum absolute atomic E-state index is 11.2. The van der Waals surface area contributed by atoms with Gasteiger partial charge in [-0.15, -0.1) is 0 Å². The number of hydrogen-bond acceptors (Lipinski definition) is 7. The third kappa shape index (κ3) is 4.13. The van der Waals surface area contributed by atoms with Crippen molar-refractivity contribution in [2.45, 2.75) is 6.54 Å². The number of anilines is 2. The summed E-state index contributed by atoms with van der Waals surface area (Å²) in [6, 6.07) is 13.8. The third-order valence-electron chi connectivity index (χ3n) is 4.09. The van der Waals surface area contributed by atoms with E-state index in [0.717, 1.165) is 32.0 Å². The molecule has 7 nitrogen and oxygen atoms in total. The predicted molar refractivity (Wildman–Crippen MR) is 109 cm³/mol. The summed E-state index contributed by atoms with van der Waals surface area (Å²) in [5.41, 5.74) is 4.01. The van der Waals surface area contributed by atoms with Crippen molar-refractivity contribution in [3.05, 3.63) is 66.6 Å². The van der Waals surface area contributed by atoms with E-state index < -0.39 is 12.5 Å². The molecular formula is C20H17N5O2S. The van der Waals surface area contributed by atoms with Gasteiger partial charge in [0.2, 0.25) is 5.91 Å². The SMILES string of the molecule is O=C(CO)NCc1ccnc(Nc2nc3ccc(-c4ccncc4)cc3s2)c1. The van der Waals surface area contributed by atoms with Crippen molar-refractivity contribution < 1.29 is 9.90 Å². The van der Waals surface area contributed by atoms with Crippen LogP contribution in [0.25, 0.3) is 21.3 Å². The highest BCUT2D eigenvalue weighted by Gasteiger charge is 2.08. The number of aliphatic hydroxyl groups excluding tert-OH is 1. The minimum Gasteiger partial charge on any atom is -0.387 e. The van der Waals surface area contributed by atoms with E-state index in [4.69, 9.17) is 5.11 Å². The molecule has 0 atom stereocenters. The van der Waals surface area contributed by atoms with Gasteiger partial charge in [-0.05, 0) is 53.1 Å². The quantitative estimate of drug-likeness (QED) is 0.467. The van der Waals surface area contributed by atoms with Gasteiger partial charge in [0.15, 0.2) is 5.13 Å². The zero-order chi connectivity index (χ0) is 19.3. The summed E-state index contributed by atoms with van der Waals surface area (Å²) in [5, 5.41) is 15.4. The summed E-state index contributed by atoms with van der Waals surface area (Å²) < 4.78 is 1.07. The van der Waals surface area contributed by atoms with Crippen LogP contribution in [0.2, 0.25) is 0 Å². The molecule has 0 bridgehead atoms. The molecule has 28 heavy (non-hydrogen) atoms. The molecule has 4 rings (SSSR count). The number of nitrogens with zero attached hydrogens (tertiary/aromatic N) is 3. The molecule has 1 amide bonds. The molecule has 0 radical (unpaired) electrons. The summed E-state index contributed by atoms with van der Waals surface area (Å²) in [7, 11) is 0. The van der Waals surface area contributed by atoms with E-state index in [9.17, 15) is 4.79 Å². The van der Waals surface area contributed by atoms with E-state index in [0.29, 0.717) is 12.4 Å². The summed E-state index contributed by atoms with van der Waals surface area (Å²) in [5.74, 6) is 0.228. The summed E-state index contributed by atoms with van der Waals surface area (Å²) in [6.45, 7) is -0.199. The number of aromatic nitrogens is 3. The van der Waals surface area contributed by atoms with Crippen LogP contribution < -0.4 is 10.6 Å². The molecule has 4 aromatic rings. The van der Waals surface area contributed by atoms with Gasteiger partial charge >= 0.3 is 0 Å². The highest BCUT2D eigenvalue weighted by atomic mass is 32.1. The Labute approximate surface area is 165 Å². The van der Waals surface area contributed by atoms with Crippen LogP contribution in [-0.2, 0) is 11.3 Å². The molecule has 3 aromatic heterocycles. The van der Waals surface area contributed by atoms with Gasteiger partial charge in [0.05, 0.1) is 10.2 Å². The maximum Gasteiger partial charge on any atom is 0.245 e. The fraction of sp³-hybridized carbons (Fsp3) is 0.100. The molecule has 8 heteroatoms. The maximum atomic E-state index is 11.2. The van der Waals surface area contributed by atoms with Crippen molar-refractivity contribution in [3.63, 3.8) is 0 Å². The van der Waals surface area contributed by atoms with Crippen LogP contribution in [0.1, 0.15) is 5.56 Å². The molecule has 0 spiro atoms. The van der Waals surface area contributed by atoms with E-state index in [2.05, 4.69) is 31.7 Å². The normalized spacial score (nSPS) is 10.8. The molecule has 140 valence electrons. The van der Waals surface area contributed by atoms with E-state index in [1.165, 1.54) is 0 Å². The number of fused-ring (bicyclic) bond motifs is 1. The average molecular weight is 391 g/mol. The third-order valence-corrected chi connectivity index (χ3v) is 5.03. The Bertz CT molecular complexity index is 1110. The Balaban J connectivity index is 1.53. The highest BCUT2D eigenvalue weighted by molar-refractivity contribution is 7.22. The van der Waals surface area contributed by atoms with Crippen molar-refractivity contribution in [1.82, 2.24) is 20.3 Å². The molecule has 0 fully saturated rings. The first kappa shape index (κ1) is 18.0. The van der Waals surface area contributed by atoms with Gasteiger partial charge in [0.25, 0.3) is 0 Å². The standard InChI is InChI=1S/C20H17N5O2S/c26-12-19(27)23-11-13-3-8-22-18(9-13)25-20-24-16-2-1-15(10-17(16)28-20)14-4-6-21-7-5-14/h1-10,26H,11-12H2,(H,23,27)(H,22,24,25). The van der Waals surface area contributed by atoms with Crippen molar-refractivity contribution in [2.75, 3.05) is 11.9 Å². The van der Waals surface area contributed by atoms with Gasteiger partial charge in [-0.3, -0.25) is 9.78 Å². The van der Waals surface area contributed by atoms with Crippen molar-refractivity contribution >= 4 is 38.4 Å². The smallest absolute Gasteiger partial charge is 0.245 e.